The number of aliphatic hydroxyl groups is 1. The molecular weight excluding hydrogens is 274 g/mol. The van der Waals surface area contributed by atoms with Crippen molar-refractivity contribution in [3.63, 3.8) is 0 Å². The highest BCUT2D eigenvalue weighted by Gasteiger charge is 2.24. The Balaban J connectivity index is 2.00. The van der Waals surface area contributed by atoms with E-state index in [1.54, 1.807) is 24.3 Å². The molecule has 2 N–H and O–H groups in total. The standard InChI is InChI=1S/C15H23NO3S/c1-2-12-3-7-14(8-4-12)16-20(18,19)15-9-5-13(11-17)6-10-15/h5-6,9-10,12,14,16-17H,2-4,7-8,11H2,1H3. The van der Waals surface area contributed by atoms with Gasteiger partial charge in [-0.1, -0.05) is 25.5 Å². The van der Waals surface area contributed by atoms with Crippen molar-refractivity contribution in [2.75, 3.05) is 0 Å². The number of benzene rings is 1. The van der Waals surface area contributed by atoms with Crippen molar-refractivity contribution in [3.05, 3.63) is 29.8 Å². The summed E-state index contributed by atoms with van der Waals surface area (Å²) in [5.74, 6) is 0.750. The highest BCUT2D eigenvalue weighted by molar-refractivity contribution is 7.89. The third kappa shape index (κ3) is 3.81. The van der Waals surface area contributed by atoms with Gasteiger partial charge < -0.3 is 5.11 Å². The smallest absolute Gasteiger partial charge is 0.240 e. The number of aliphatic hydroxyl groups excluding tert-OH is 1. The summed E-state index contributed by atoms with van der Waals surface area (Å²) < 4.78 is 27.4. The van der Waals surface area contributed by atoms with Crippen LogP contribution in [0.4, 0.5) is 0 Å². The second-order valence-electron chi connectivity index (χ2n) is 5.55. The van der Waals surface area contributed by atoms with Crippen LogP contribution in [0.3, 0.4) is 0 Å². The number of nitrogens with one attached hydrogen (secondary N) is 1. The quantitative estimate of drug-likeness (QED) is 0.877. The molecule has 1 aromatic carbocycles. The molecule has 1 saturated carbocycles. The zero-order chi connectivity index (χ0) is 14.6. The molecule has 1 aliphatic carbocycles. The number of hydrogen-bond acceptors (Lipinski definition) is 3. The molecule has 1 fully saturated rings. The summed E-state index contributed by atoms with van der Waals surface area (Å²) in [6.07, 6.45) is 5.24. The van der Waals surface area contributed by atoms with Crippen molar-refractivity contribution >= 4 is 10.0 Å². The van der Waals surface area contributed by atoms with Gasteiger partial charge >= 0.3 is 0 Å². The molecule has 0 amide bonds. The molecule has 0 unspecified atom stereocenters. The van der Waals surface area contributed by atoms with Gasteiger partial charge in [0.15, 0.2) is 0 Å². The van der Waals surface area contributed by atoms with E-state index in [0.717, 1.165) is 31.6 Å². The molecule has 20 heavy (non-hydrogen) atoms. The first kappa shape index (κ1) is 15.5. The van der Waals surface area contributed by atoms with Crippen LogP contribution >= 0.6 is 0 Å². The highest BCUT2D eigenvalue weighted by atomic mass is 32.2. The third-order valence-corrected chi connectivity index (χ3v) is 5.70. The summed E-state index contributed by atoms with van der Waals surface area (Å²) >= 11 is 0. The SMILES string of the molecule is CCC1CCC(NS(=O)(=O)c2ccc(CO)cc2)CC1. The largest absolute Gasteiger partial charge is 0.392 e. The molecule has 0 atom stereocenters. The van der Waals surface area contributed by atoms with E-state index in [-0.39, 0.29) is 17.5 Å². The molecule has 112 valence electrons. The molecule has 0 aliphatic heterocycles. The van der Waals surface area contributed by atoms with Crippen molar-refractivity contribution in [1.29, 1.82) is 0 Å². The van der Waals surface area contributed by atoms with E-state index in [0.29, 0.717) is 5.56 Å². The number of sulfonamides is 1. The zero-order valence-corrected chi connectivity index (χ0v) is 12.7. The molecule has 0 heterocycles. The van der Waals surface area contributed by atoms with Crippen molar-refractivity contribution < 1.29 is 13.5 Å². The van der Waals surface area contributed by atoms with Gasteiger partial charge in [-0.15, -0.1) is 0 Å². The van der Waals surface area contributed by atoms with Crippen LogP contribution in [-0.2, 0) is 16.6 Å². The van der Waals surface area contributed by atoms with Gasteiger partial charge in [-0.2, -0.15) is 0 Å². The second-order valence-corrected chi connectivity index (χ2v) is 7.26. The molecule has 0 saturated heterocycles. The van der Waals surface area contributed by atoms with Gasteiger partial charge in [0, 0.05) is 6.04 Å². The first-order valence-electron chi connectivity index (χ1n) is 7.27. The molecule has 4 nitrogen and oxygen atoms in total. The Kier molecular flexibility index (Phi) is 5.18. The lowest BCUT2D eigenvalue weighted by atomic mass is 9.85. The Morgan fingerprint density at radius 2 is 1.75 bits per heavy atom. The molecule has 0 spiro atoms. The molecular formula is C15H23NO3S. The van der Waals surface area contributed by atoms with Gasteiger partial charge in [-0.25, -0.2) is 13.1 Å². The van der Waals surface area contributed by atoms with Gasteiger partial charge in [0.1, 0.15) is 0 Å². The lowest BCUT2D eigenvalue weighted by Gasteiger charge is -2.28. The molecule has 1 aromatic rings. The Morgan fingerprint density at radius 3 is 2.25 bits per heavy atom. The van der Waals surface area contributed by atoms with E-state index in [1.807, 2.05) is 0 Å². The van der Waals surface area contributed by atoms with E-state index in [9.17, 15) is 8.42 Å². The number of hydrogen-bond donors (Lipinski definition) is 2. The molecule has 5 heteroatoms. The summed E-state index contributed by atoms with van der Waals surface area (Å²) in [6, 6.07) is 6.43. The monoisotopic (exact) mass is 297 g/mol. The minimum absolute atomic E-state index is 0.0559. The molecule has 2 rings (SSSR count). The van der Waals surface area contributed by atoms with Gasteiger partial charge in [-0.3, -0.25) is 0 Å². The zero-order valence-electron chi connectivity index (χ0n) is 11.9. The van der Waals surface area contributed by atoms with E-state index in [2.05, 4.69) is 11.6 Å². The number of rotatable bonds is 5. The van der Waals surface area contributed by atoms with Crippen molar-refractivity contribution in [2.24, 2.45) is 5.92 Å². The fourth-order valence-corrected chi connectivity index (χ4v) is 4.06. The Bertz CT molecular complexity index is 517. The van der Waals surface area contributed by atoms with E-state index in [4.69, 9.17) is 5.11 Å². The van der Waals surface area contributed by atoms with Crippen LogP contribution in [0.5, 0.6) is 0 Å². The molecule has 0 bridgehead atoms. The van der Waals surface area contributed by atoms with E-state index >= 15 is 0 Å². The highest BCUT2D eigenvalue weighted by Crippen LogP contribution is 2.27. The van der Waals surface area contributed by atoms with E-state index < -0.39 is 10.0 Å². The molecule has 1 aliphatic rings. The summed E-state index contributed by atoms with van der Waals surface area (Å²) in [6.45, 7) is 2.12. The third-order valence-electron chi connectivity index (χ3n) is 4.16. The second kappa shape index (κ2) is 6.70. The predicted octanol–water partition coefficient (Wildman–Crippen LogP) is 2.43. The van der Waals surface area contributed by atoms with Gasteiger partial charge in [0.2, 0.25) is 10.0 Å². The van der Waals surface area contributed by atoms with Crippen LogP contribution in [-0.4, -0.2) is 19.6 Å². The molecule has 0 radical (unpaired) electrons. The van der Waals surface area contributed by atoms with Crippen LogP contribution in [0.1, 0.15) is 44.6 Å². The van der Waals surface area contributed by atoms with Gasteiger partial charge in [0.05, 0.1) is 11.5 Å². The normalized spacial score (nSPS) is 23.7. The average Bonchev–Trinajstić information content (AvgIpc) is 2.48. The van der Waals surface area contributed by atoms with Gasteiger partial charge in [0.25, 0.3) is 0 Å². The Morgan fingerprint density at radius 1 is 1.15 bits per heavy atom. The summed E-state index contributed by atoms with van der Waals surface area (Å²) in [4.78, 5) is 0.271. The lowest BCUT2D eigenvalue weighted by molar-refractivity contribution is 0.281. The van der Waals surface area contributed by atoms with Gasteiger partial charge in [-0.05, 0) is 49.3 Å². The summed E-state index contributed by atoms with van der Waals surface area (Å²) in [5, 5.41) is 8.98. The van der Waals surface area contributed by atoms with Crippen molar-refractivity contribution in [2.45, 2.75) is 56.6 Å². The maximum absolute atomic E-state index is 12.3. The van der Waals surface area contributed by atoms with Crippen molar-refractivity contribution in [1.82, 2.24) is 4.72 Å². The summed E-state index contributed by atoms with van der Waals surface area (Å²) in [5.41, 5.74) is 0.715. The topological polar surface area (TPSA) is 66.4 Å². The minimum Gasteiger partial charge on any atom is -0.392 e. The summed E-state index contributed by atoms with van der Waals surface area (Å²) in [7, 11) is -3.44. The van der Waals surface area contributed by atoms with Crippen molar-refractivity contribution in [3.8, 4) is 0 Å². The lowest BCUT2D eigenvalue weighted by Crippen LogP contribution is -2.37. The predicted molar refractivity (Wildman–Crippen MR) is 78.7 cm³/mol. The fourth-order valence-electron chi connectivity index (χ4n) is 2.75. The maximum atomic E-state index is 12.3. The minimum atomic E-state index is -3.44. The van der Waals surface area contributed by atoms with Crippen LogP contribution in [0.15, 0.2) is 29.2 Å². The Hall–Kier alpha value is -0.910. The van der Waals surface area contributed by atoms with Crippen LogP contribution in [0.2, 0.25) is 0 Å². The first-order chi connectivity index (χ1) is 9.55. The maximum Gasteiger partial charge on any atom is 0.240 e. The fraction of sp³-hybridized carbons (Fsp3) is 0.600. The first-order valence-corrected chi connectivity index (χ1v) is 8.75. The van der Waals surface area contributed by atoms with Crippen LogP contribution in [0.25, 0.3) is 0 Å². The van der Waals surface area contributed by atoms with Crippen LogP contribution in [0, 0.1) is 5.92 Å². The van der Waals surface area contributed by atoms with E-state index in [1.165, 1.54) is 6.42 Å². The molecule has 0 aromatic heterocycles. The Labute approximate surface area is 121 Å². The average molecular weight is 297 g/mol. The van der Waals surface area contributed by atoms with Crippen LogP contribution < -0.4 is 4.72 Å².